The summed E-state index contributed by atoms with van der Waals surface area (Å²) in [5.41, 5.74) is 0. The highest BCUT2D eigenvalue weighted by molar-refractivity contribution is 5.92. The molecule has 0 aromatic rings. The minimum Gasteiger partial charge on any atom is -0.347 e. The Balaban J connectivity index is 4.50. The quantitative estimate of drug-likeness (QED) is 0.636. The van der Waals surface area contributed by atoms with E-state index in [1.54, 1.807) is 27.7 Å². The van der Waals surface area contributed by atoms with E-state index >= 15 is 0 Å². The second-order valence-corrected chi connectivity index (χ2v) is 6.75. The van der Waals surface area contributed by atoms with E-state index in [1.807, 2.05) is 13.8 Å². The molecule has 2 amide bonds. The van der Waals surface area contributed by atoms with Crippen LogP contribution in [0.4, 0.5) is 0 Å². The summed E-state index contributed by atoms with van der Waals surface area (Å²) in [6.07, 6.45) is 0.236. The smallest absolute Gasteiger partial charge is 0.243 e. The molecule has 0 bridgehead atoms. The van der Waals surface area contributed by atoms with Crippen molar-refractivity contribution in [3.05, 3.63) is 0 Å². The molecule has 0 heterocycles. The van der Waals surface area contributed by atoms with E-state index in [0.29, 0.717) is 0 Å². The zero-order valence-electron chi connectivity index (χ0n) is 15.1. The van der Waals surface area contributed by atoms with Crippen molar-refractivity contribution < 1.29 is 19.2 Å². The number of amides is 2. The second kappa shape index (κ2) is 10.1. The lowest BCUT2D eigenvalue weighted by atomic mass is 10.0. The van der Waals surface area contributed by atoms with Crippen molar-refractivity contribution in [2.24, 2.45) is 17.8 Å². The Morgan fingerprint density at radius 1 is 0.783 bits per heavy atom. The number of Topliss-reactive ketones (excluding diaryl/α,β-unsaturated/α-hetero) is 2. The number of ketones is 2. The molecule has 1 atom stereocenters. The molecule has 0 saturated carbocycles. The molecule has 0 aromatic carbocycles. The summed E-state index contributed by atoms with van der Waals surface area (Å²) >= 11 is 0. The van der Waals surface area contributed by atoms with Crippen LogP contribution in [0.25, 0.3) is 0 Å². The fraction of sp³-hybridized carbons (Fsp3) is 0.765. The Kier molecular flexibility index (Phi) is 9.37. The first-order valence-electron chi connectivity index (χ1n) is 8.18. The van der Waals surface area contributed by atoms with Crippen LogP contribution in [0, 0.1) is 17.8 Å². The third kappa shape index (κ3) is 8.47. The van der Waals surface area contributed by atoms with Crippen LogP contribution in [0.2, 0.25) is 0 Å². The number of nitrogens with one attached hydrogen (secondary N) is 2. The van der Waals surface area contributed by atoms with Gasteiger partial charge in [0.05, 0.1) is 6.54 Å². The van der Waals surface area contributed by atoms with Crippen LogP contribution >= 0.6 is 0 Å². The Hall–Kier alpha value is -1.72. The highest BCUT2D eigenvalue weighted by atomic mass is 16.2. The number of carbonyl (C=O) groups is 4. The topological polar surface area (TPSA) is 92.3 Å². The van der Waals surface area contributed by atoms with Crippen molar-refractivity contribution in [3.8, 4) is 0 Å². The van der Waals surface area contributed by atoms with Crippen LogP contribution in [0.5, 0.6) is 0 Å². The molecule has 0 aliphatic carbocycles. The van der Waals surface area contributed by atoms with Crippen LogP contribution in [-0.4, -0.2) is 36.0 Å². The predicted molar refractivity (Wildman–Crippen MR) is 88.7 cm³/mol. The lowest BCUT2D eigenvalue weighted by molar-refractivity contribution is -0.132. The monoisotopic (exact) mass is 326 g/mol. The zero-order valence-corrected chi connectivity index (χ0v) is 15.1. The molecule has 132 valence electrons. The number of carbonyl (C=O) groups excluding carboxylic acids is 4. The van der Waals surface area contributed by atoms with Crippen molar-refractivity contribution in [3.63, 3.8) is 0 Å². The Morgan fingerprint density at radius 3 is 1.74 bits per heavy atom. The first-order valence-corrected chi connectivity index (χ1v) is 8.18. The van der Waals surface area contributed by atoms with E-state index in [1.165, 1.54) is 0 Å². The standard InChI is InChI=1S/C17H30N2O4/c1-10(2)13(20)7-8-15(22)19-16(12(5)6)17(23)18-9-14(21)11(3)4/h10-12,16H,7-9H2,1-6H3,(H,18,23)(H,19,22). The van der Waals surface area contributed by atoms with Gasteiger partial charge in [0.15, 0.2) is 5.78 Å². The van der Waals surface area contributed by atoms with E-state index in [9.17, 15) is 19.2 Å². The first kappa shape index (κ1) is 21.3. The summed E-state index contributed by atoms with van der Waals surface area (Å²) in [4.78, 5) is 47.2. The summed E-state index contributed by atoms with van der Waals surface area (Å²) in [7, 11) is 0. The van der Waals surface area contributed by atoms with Crippen molar-refractivity contribution in [1.82, 2.24) is 10.6 Å². The van der Waals surface area contributed by atoms with Gasteiger partial charge in [-0.05, 0) is 5.92 Å². The molecule has 0 aliphatic heterocycles. The molecular weight excluding hydrogens is 296 g/mol. The van der Waals surface area contributed by atoms with Gasteiger partial charge in [-0.1, -0.05) is 41.5 Å². The average molecular weight is 326 g/mol. The predicted octanol–water partition coefficient (Wildman–Crippen LogP) is 1.47. The molecule has 0 saturated heterocycles. The molecule has 0 aromatic heterocycles. The molecule has 0 fully saturated rings. The molecular formula is C17H30N2O4. The lowest BCUT2D eigenvalue weighted by Gasteiger charge is -2.21. The second-order valence-electron chi connectivity index (χ2n) is 6.75. The minimum atomic E-state index is -0.711. The van der Waals surface area contributed by atoms with Crippen molar-refractivity contribution in [2.75, 3.05) is 6.54 Å². The maximum Gasteiger partial charge on any atom is 0.243 e. The van der Waals surface area contributed by atoms with Crippen LogP contribution in [-0.2, 0) is 19.2 Å². The minimum absolute atomic E-state index is 0.0215. The van der Waals surface area contributed by atoms with Gasteiger partial charge in [-0.15, -0.1) is 0 Å². The molecule has 6 heteroatoms. The summed E-state index contributed by atoms with van der Waals surface area (Å²) in [6.45, 7) is 10.7. The third-order valence-electron chi connectivity index (χ3n) is 3.59. The molecule has 6 nitrogen and oxygen atoms in total. The summed E-state index contributed by atoms with van der Waals surface area (Å²) in [5, 5.41) is 5.21. The van der Waals surface area contributed by atoms with Crippen LogP contribution in [0.3, 0.4) is 0 Å². The van der Waals surface area contributed by atoms with Gasteiger partial charge >= 0.3 is 0 Å². The summed E-state index contributed by atoms with van der Waals surface area (Å²) in [6, 6.07) is -0.711. The first-order chi connectivity index (χ1) is 10.6. The Labute approximate surface area is 138 Å². The molecule has 0 radical (unpaired) electrons. The van der Waals surface area contributed by atoms with E-state index < -0.39 is 6.04 Å². The van der Waals surface area contributed by atoms with Crippen LogP contribution in [0.15, 0.2) is 0 Å². The molecule has 1 unspecified atom stereocenters. The van der Waals surface area contributed by atoms with Gasteiger partial charge in [0, 0.05) is 24.7 Å². The normalized spacial score (nSPS) is 12.4. The third-order valence-corrected chi connectivity index (χ3v) is 3.59. The summed E-state index contributed by atoms with van der Waals surface area (Å²) < 4.78 is 0. The Morgan fingerprint density at radius 2 is 1.30 bits per heavy atom. The maximum absolute atomic E-state index is 12.1. The fourth-order valence-corrected chi connectivity index (χ4v) is 1.79. The summed E-state index contributed by atoms with van der Waals surface area (Å²) in [5.74, 6) is -1.11. The van der Waals surface area contributed by atoms with Gasteiger partial charge in [0.2, 0.25) is 11.8 Å². The van der Waals surface area contributed by atoms with E-state index in [4.69, 9.17) is 0 Å². The highest BCUT2D eigenvalue weighted by Crippen LogP contribution is 2.05. The van der Waals surface area contributed by atoms with Crippen molar-refractivity contribution in [1.29, 1.82) is 0 Å². The van der Waals surface area contributed by atoms with Gasteiger partial charge in [0.25, 0.3) is 0 Å². The number of hydrogen-bond acceptors (Lipinski definition) is 4. The SMILES string of the molecule is CC(C)C(=O)CCC(=O)NC(C(=O)NCC(=O)C(C)C)C(C)C. The highest BCUT2D eigenvalue weighted by Gasteiger charge is 2.25. The average Bonchev–Trinajstić information content (AvgIpc) is 2.46. The van der Waals surface area contributed by atoms with E-state index in [-0.39, 0.29) is 60.5 Å². The van der Waals surface area contributed by atoms with Gasteiger partial charge in [-0.3, -0.25) is 19.2 Å². The van der Waals surface area contributed by atoms with Crippen LogP contribution in [0.1, 0.15) is 54.4 Å². The molecule has 0 spiro atoms. The van der Waals surface area contributed by atoms with E-state index in [2.05, 4.69) is 10.6 Å². The molecule has 0 rings (SSSR count). The fourth-order valence-electron chi connectivity index (χ4n) is 1.79. The van der Waals surface area contributed by atoms with E-state index in [0.717, 1.165) is 0 Å². The van der Waals surface area contributed by atoms with Crippen LogP contribution < -0.4 is 10.6 Å². The van der Waals surface area contributed by atoms with Gasteiger partial charge < -0.3 is 10.6 Å². The molecule has 2 N–H and O–H groups in total. The number of rotatable bonds is 10. The van der Waals surface area contributed by atoms with Crippen molar-refractivity contribution >= 4 is 23.4 Å². The maximum atomic E-state index is 12.1. The lowest BCUT2D eigenvalue weighted by Crippen LogP contribution is -2.50. The van der Waals surface area contributed by atoms with Crippen molar-refractivity contribution in [2.45, 2.75) is 60.4 Å². The van der Waals surface area contributed by atoms with Gasteiger partial charge in [0.1, 0.15) is 11.8 Å². The Bertz CT molecular complexity index is 442. The molecule has 0 aliphatic rings. The van der Waals surface area contributed by atoms with Gasteiger partial charge in [-0.25, -0.2) is 0 Å². The zero-order chi connectivity index (χ0) is 18.2. The molecule has 23 heavy (non-hydrogen) atoms. The van der Waals surface area contributed by atoms with Gasteiger partial charge in [-0.2, -0.15) is 0 Å². The number of hydrogen-bond donors (Lipinski definition) is 2. The largest absolute Gasteiger partial charge is 0.347 e.